The molecule has 0 fully saturated rings. The number of hydrogen-bond acceptors (Lipinski definition) is 2. The molecule has 0 saturated heterocycles. The minimum Gasteiger partial charge on any atom is -0.146 e. The highest BCUT2D eigenvalue weighted by molar-refractivity contribution is 7.39. The molecule has 0 spiro atoms. The van der Waals surface area contributed by atoms with E-state index >= 15 is 0 Å². The van der Waals surface area contributed by atoms with Crippen molar-refractivity contribution < 1.29 is 9.09 Å². The molecular weight excluding hydrogens is 171 g/mol. The minimum atomic E-state index is -1.44. The van der Waals surface area contributed by atoms with Crippen LogP contribution in [0.4, 0.5) is 0 Å². The zero-order chi connectivity index (χ0) is 9.40. The van der Waals surface area contributed by atoms with Gasteiger partial charge in [0.2, 0.25) is 0 Å². The Morgan fingerprint density at radius 2 is 2.25 bits per heavy atom. The van der Waals surface area contributed by atoms with E-state index in [0.717, 1.165) is 12.8 Å². The van der Waals surface area contributed by atoms with Crippen LogP contribution in [0.1, 0.15) is 26.7 Å². The van der Waals surface area contributed by atoms with E-state index in [1.54, 1.807) is 6.08 Å². The summed E-state index contributed by atoms with van der Waals surface area (Å²) in [5.41, 5.74) is 0. The molecule has 0 heterocycles. The molecule has 0 rings (SSSR count). The second-order valence-electron chi connectivity index (χ2n) is 3.15. The Morgan fingerprint density at radius 3 is 2.75 bits per heavy atom. The summed E-state index contributed by atoms with van der Waals surface area (Å²) in [6.07, 6.45) is 4.13. The average molecular weight is 189 g/mol. The molecule has 1 unspecified atom stereocenters. The van der Waals surface area contributed by atoms with Crippen LogP contribution in [0, 0.1) is 5.92 Å². The van der Waals surface area contributed by atoms with Gasteiger partial charge in [-0.05, 0) is 16.9 Å². The molecule has 0 aliphatic heterocycles. The lowest BCUT2D eigenvalue weighted by Crippen LogP contribution is -1.94. The second kappa shape index (κ2) is 7.45. The fourth-order valence-electron chi connectivity index (χ4n) is 0.651. The van der Waals surface area contributed by atoms with Gasteiger partial charge in [-0.15, -0.1) is 11.1 Å². The van der Waals surface area contributed by atoms with Gasteiger partial charge in [-0.1, -0.05) is 19.9 Å². The summed E-state index contributed by atoms with van der Waals surface area (Å²) in [5.74, 6) is 0.618. The molecule has 0 aromatic carbocycles. The first-order chi connectivity index (χ1) is 5.66. The van der Waals surface area contributed by atoms with Gasteiger partial charge in [0.25, 0.3) is 0 Å². The molecule has 3 heteroatoms. The first kappa shape index (κ1) is 11.8. The summed E-state index contributed by atoms with van der Waals surface area (Å²) in [6, 6.07) is 0. The predicted octanol–water partition coefficient (Wildman–Crippen LogP) is 3.37. The SMILES string of the molecule is C=CCC[P+](=O)OCCC(C)C. The summed E-state index contributed by atoms with van der Waals surface area (Å²) in [6.45, 7) is 8.42. The molecule has 0 bridgehead atoms. The van der Waals surface area contributed by atoms with Crippen LogP contribution < -0.4 is 0 Å². The van der Waals surface area contributed by atoms with Crippen LogP contribution in [-0.4, -0.2) is 12.8 Å². The highest BCUT2D eigenvalue weighted by Crippen LogP contribution is 2.23. The fourth-order valence-corrected chi connectivity index (χ4v) is 1.48. The highest BCUT2D eigenvalue weighted by Gasteiger charge is 2.14. The third kappa shape index (κ3) is 7.90. The van der Waals surface area contributed by atoms with Crippen LogP contribution in [0.25, 0.3) is 0 Å². The predicted molar refractivity (Wildman–Crippen MR) is 52.7 cm³/mol. The van der Waals surface area contributed by atoms with Crippen molar-refractivity contribution in [3.63, 3.8) is 0 Å². The van der Waals surface area contributed by atoms with Gasteiger partial charge in [0.05, 0.1) is 0 Å². The van der Waals surface area contributed by atoms with Crippen LogP contribution in [0.2, 0.25) is 0 Å². The van der Waals surface area contributed by atoms with Crippen LogP contribution in [0.5, 0.6) is 0 Å². The largest absolute Gasteiger partial charge is 0.508 e. The van der Waals surface area contributed by atoms with Gasteiger partial charge >= 0.3 is 8.03 Å². The molecule has 0 radical (unpaired) electrons. The Kier molecular flexibility index (Phi) is 7.33. The van der Waals surface area contributed by atoms with Crippen molar-refractivity contribution in [2.75, 3.05) is 12.8 Å². The summed E-state index contributed by atoms with van der Waals surface area (Å²) >= 11 is 0. The quantitative estimate of drug-likeness (QED) is 0.453. The molecule has 2 nitrogen and oxygen atoms in total. The number of rotatable bonds is 7. The Hall–Kier alpha value is -0.200. The molecule has 70 valence electrons. The molecule has 0 N–H and O–H groups in total. The monoisotopic (exact) mass is 189 g/mol. The van der Waals surface area contributed by atoms with E-state index in [1.165, 1.54) is 0 Å². The van der Waals surface area contributed by atoms with Gasteiger partial charge in [0.1, 0.15) is 6.61 Å². The van der Waals surface area contributed by atoms with Gasteiger partial charge in [-0.3, -0.25) is 0 Å². The van der Waals surface area contributed by atoms with Gasteiger partial charge < -0.3 is 0 Å². The summed E-state index contributed by atoms with van der Waals surface area (Å²) in [7, 11) is -1.44. The van der Waals surface area contributed by atoms with E-state index in [1.807, 2.05) is 0 Å². The lowest BCUT2D eigenvalue weighted by molar-refractivity contribution is 0.301. The van der Waals surface area contributed by atoms with Gasteiger partial charge in [-0.25, -0.2) is 0 Å². The lowest BCUT2D eigenvalue weighted by atomic mass is 10.2. The molecular formula is C9H18O2P+. The minimum absolute atomic E-state index is 0.608. The van der Waals surface area contributed by atoms with E-state index in [4.69, 9.17) is 4.52 Å². The Labute approximate surface area is 75.9 Å². The first-order valence-electron chi connectivity index (χ1n) is 4.35. The highest BCUT2D eigenvalue weighted by atomic mass is 31.1. The maximum Gasteiger partial charge on any atom is 0.508 e. The number of allylic oxidation sites excluding steroid dienone is 1. The Bertz CT molecular complexity index is 143. The molecule has 12 heavy (non-hydrogen) atoms. The van der Waals surface area contributed by atoms with Gasteiger partial charge in [0.15, 0.2) is 6.16 Å². The Morgan fingerprint density at radius 1 is 1.58 bits per heavy atom. The maximum atomic E-state index is 11.1. The molecule has 0 aromatic heterocycles. The molecule has 1 atom stereocenters. The second-order valence-corrected chi connectivity index (χ2v) is 4.52. The summed E-state index contributed by atoms with van der Waals surface area (Å²) < 4.78 is 16.2. The summed E-state index contributed by atoms with van der Waals surface area (Å²) in [4.78, 5) is 0. The molecule has 0 aromatic rings. The first-order valence-corrected chi connectivity index (χ1v) is 5.71. The van der Waals surface area contributed by atoms with E-state index in [-0.39, 0.29) is 0 Å². The van der Waals surface area contributed by atoms with Crippen molar-refractivity contribution in [3.8, 4) is 0 Å². The molecule has 0 aliphatic carbocycles. The third-order valence-corrected chi connectivity index (χ3v) is 2.54. The smallest absolute Gasteiger partial charge is 0.146 e. The summed E-state index contributed by atoms with van der Waals surface area (Å²) in [5, 5.41) is 0. The normalized spacial score (nSPS) is 11.8. The molecule has 0 saturated carbocycles. The zero-order valence-corrected chi connectivity index (χ0v) is 8.85. The van der Waals surface area contributed by atoms with Crippen molar-refractivity contribution in [2.45, 2.75) is 26.7 Å². The third-order valence-electron chi connectivity index (χ3n) is 1.45. The van der Waals surface area contributed by atoms with Crippen molar-refractivity contribution in [1.82, 2.24) is 0 Å². The zero-order valence-electron chi connectivity index (χ0n) is 7.95. The van der Waals surface area contributed by atoms with Crippen LogP contribution in [-0.2, 0) is 9.09 Å². The Balaban J connectivity index is 3.25. The van der Waals surface area contributed by atoms with Crippen molar-refractivity contribution in [1.29, 1.82) is 0 Å². The lowest BCUT2D eigenvalue weighted by Gasteiger charge is -1.97. The fraction of sp³-hybridized carbons (Fsp3) is 0.778. The van der Waals surface area contributed by atoms with Crippen LogP contribution in [0.15, 0.2) is 12.7 Å². The van der Waals surface area contributed by atoms with Crippen LogP contribution >= 0.6 is 8.03 Å². The topological polar surface area (TPSA) is 26.3 Å². The number of hydrogen-bond donors (Lipinski definition) is 0. The molecule has 0 aliphatic rings. The standard InChI is InChI=1S/C9H18O2P/c1-4-5-8-12(10)11-7-6-9(2)3/h4,9H,1,5-8H2,2-3H3/q+1. The molecule has 0 amide bonds. The van der Waals surface area contributed by atoms with Crippen molar-refractivity contribution in [2.24, 2.45) is 5.92 Å². The van der Waals surface area contributed by atoms with Crippen molar-refractivity contribution >= 4 is 8.03 Å². The maximum absolute atomic E-state index is 11.1. The van der Waals surface area contributed by atoms with Gasteiger partial charge in [0, 0.05) is 6.42 Å². The van der Waals surface area contributed by atoms with E-state index in [2.05, 4.69) is 20.4 Å². The van der Waals surface area contributed by atoms with Crippen molar-refractivity contribution in [3.05, 3.63) is 12.7 Å². The van der Waals surface area contributed by atoms with E-state index in [0.29, 0.717) is 18.7 Å². The van der Waals surface area contributed by atoms with Crippen LogP contribution in [0.3, 0.4) is 0 Å². The van der Waals surface area contributed by atoms with E-state index < -0.39 is 8.03 Å². The van der Waals surface area contributed by atoms with E-state index in [9.17, 15) is 4.57 Å². The van der Waals surface area contributed by atoms with Gasteiger partial charge in [-0.2, -0.15) is 0 Å². The average Bonchev–Trinajstić information content (AvgIpc) is 2.00.